The summed E-state index contributed by atoms with van der Waals surface area (Å²) in [5, 5.41) is 2.88. The van der Waals surface area contributed by atoms with Crippen LogP contribution in [0.4, 0.5) is 0 Å². The maximum atomic E-state index is 12.3. The fourth-order valence-electron chi connectivity index (χ4n) is 2.56. The molecule has 0 saturated carbocycles. The van der Waals surface area contributed by atoms with E-state index in [1.54, 1.807) is 24.3 Å². The Morgan fingerprint density at radius 3 is 2.96 bits per heavy atom. The summed E-state index contributed by atoms with van der Waals surface area (Å²) in [7, 11) is 0. The number of hydrogen-bond donors (Lipinski definition) is 2. The van der Waals surface area contributed by atoms with Crippen molar-refractivity contribution in [2.24, 2.45) is 5.73 Å². The van der Waals surface area contributed by atoms with Crippen molar-refractivity contribution in [2.75, 3.05) is 13.2 Å². The standard InChI is InChI=1S/C17H18N4O3/c18-16(22)15-10-19-9-14(21-15)11-3-1-4-12(7-11)17(23)20-8-13-5-2-6-24-13/h1,3-4,7,9-10,13H,2,5-6,8H2,(H2,18,22)(H,20,23). The number of amides is 2. The van der Waals surface area contributed by atoms with Gasteiger partial charge in [0.05, 0.1) is 24.2 Å². The van der Waals surface area contributed by atoms with E-state index in [4.69, 9.17) is 10.5 Å². The monoisotopic (exact) mass is 326 g/mol. The third-order valence-electron chi connectivity index (χ3n) is 3.82. The van der Waals surface area contributed by atoms with Gasteiger partial charge in [-0.1, -0.05) is 12.1 Å². The van der Waals surface area contributed by atoms with Crippen LogP contribution in [0.1, 0.15) is 33.7 Å². The summed E-state index contributed by atoms with van der Waals surface area (Å²) in [5.41, 5.74) is 6.99. The fraction of sp³-hybridized carbons (Fsp3) is 0.294. The average Bonchev–Trinajstić information content (AvgIpc) is 3.13. The highest BCUT2D eigenvalue weighted by molar-refractivity contribution is 5.95. The van der Waals surface area contributed by atoms with E-state index >= 15 is 0 Å². The van der Waals surface area contributed by atoms with Crippen LogP contribution in [0.25, 0.3) is 11.3 Å². The maximum absolute atomic E-state index is 12.3. The number of nitrogens with zero attached hydrogens (tertiary/aromatic N) is 2. The highest BCUT2D eigenvalue weighted by atomic mass is 16.5. The van der Waals surface area contributed by atoms with E-state index in [0.29, 0.717) is 23.4 Å². The van der Waals surface area contributed by atoms with Crippen molar-refractivity contribution in [1.82, 2.24) is 15.3 Å². The Hall–Kier alpha value is -2.80. The SMILES string of the molecule is NC(=O)c1cncc(-c2cccc(C(=O)NCC3CCCO3)c2)n1. The number of ether oxygens (including phenoxy) is 1. The molecule has 1 aliphatic heterocycles. The Kier molecular flexibility index (Phi) is 4.81. The molecule has 0 radical (unpaired) electrons. The molecule has 1 aliphatic rings. The molecule has 1 saturated heterocycles. The normalized spacial score (nSPS) is 16.8. The minimum absolute atomic E-state index is 0.0840. The zero-order valence-electron chi connectivity index (χ0n) is 13.1. The number of hydrogen-bond acceptors (Lipinski definition) is 5. The van der Waals surface area contributed by atoms with Crippen LogP contribution in [0.3, 0.4) is 0 Å². The number of aromatic nitrogens is 2. The second kappa shape index (κ2) is 7.18. The number of primary amides is 1. The number of carbonyl (C=O) groups excluding carboxylic acids is 2. The van der Waals surface area contributed by atoms with E-state index in [9.17, 15) is 9.59 Å². The molecular formula is C17H18N4O3. The van der Waals surface area contributed by atoms with Gasteiger partial charge in [-0.3, -0.25) is 14.6 Å². The first-order valence-corrected chi connectivity index (χ1v) is 7.75. The summed E-state index contributed by atoms with van der Waals surface area (Å²) in [4.78, 5) is 31.6. The predicted molar refractivity (Wildman–Crippen MR) is 87.3 cm³/mol. The lowest BCUT2D eigenvalue weighted by Gasteiger charge is -2.11. The van der Waals surface area contributed by atoms with E-state index < -0.39 is 5.91 Å². The Morgan fingerprint density at radius 2 is 2.21 bits per heavy atom. The topological polar surface area (TPSA) is 107 Å². The summed E-state index contributed by atoms with van der Waals surface area (Å²) in [6.07, 6.45) is 4.93. The Labute approximate surface area is 139 Å². The smallest absolute Gasteiger partial charge is 0.268 e. The van der Waals surface area contributed by atoms with Crippen LogP contribution in [-0.4, -0.2) is 41.0 Å². The summed E-state index contributed by atoms with van der Waals surface area (Å²) >= 11 is 0. The number of benzene rings is 1. The van der Waals surface area contributed by atoms with Crippen LogP contribution in [-0.2, 0) is 4.74 Å². The Morgan fingerprint density at radius 1 is 1.33 bits per heavy atom. The summed E-state index contributed by atoms with van der Waals surface area (Å²) in [5.74, 6) is -0.818. The number of nitrogens with two attached hydrogens (primary N) is 1. The van der Waals surface area contributed by atoms with Crippen LogP contribution in [0.5, 0.6) is 0 Å². The van der Waals surface area contributed by atoms with Gasteiger partial charge in [0.15, 0.2) is 0 Å². The molecule has 3 N–H and O–H groups in total. The molecule has 1 fully saturated rings. The van der Waals surface area contributed by atoms with Crippen molar-refractivity contribution in [3.63, 3.8) is 0 Å². The average molecular weight is 326 g/mol. The van der Waals surface area contributed by atoms with Crippen molar-refractivity contribution < 1.29 is 14.3 Å². The minimum atomic E-state index is -0.644. The highest BCUT2D eigenvalue weighted by Gasteiger charge is 2.17. The first-order chi connectivity index (χ1) is 11.6. The molecule has 2 amide bonds. The van der Waals surface area contributed by atoms with Gasteiger partial charge in [0, 0.05) is 24.3 Å². The lowest BCUT2D eigenvalue weighted by molar-refractivity contribution is 0.0857. The van der Waals surface area contributed by atoms with Gasteiger partial charge < -0.3 is 15.8 Å². The molecule has 124 valence electrons. The number of carbonyl (C=O) groups is 2. The molecule has 0 aliphatic carbocycles. The molecule has 1 aromatic carbocycles. The Balaban J connectivity index is 1.74. The van der Waals surface area contributed by atoms with Crippen molar-refractivity contribution in [3.05, 3.63) is 47.9 Å². The lowest BCUT2D eigenvalue weighted by Crippen LogP contribution is -2.31. The Bertz CT molecular complexity index is 757. The molecule has 2 aromatic rings. The van der Waals surface area contributed by atoms with Crippen molar-refractivity contribution in [2.45, 2.75) is 18.9 Å². The minimum Gasteiger partial charge on any atom is -0.376 e. The zero-order chi connectivity index (χ0) is 16.9. The molecule has 1 atom stereocenters. The van der Waals surface area contributed by atoms with Crippen LogP contribution < -0.4 is 11.1 Å². The van der Waals surface area contributed by atoms with Gasteiger partial charge in [-0.05, 0) is 25.0 Å². The van der Waals surface area contributed by atoms with Crippen molar-refractivity contribution in [3.8, 4) is 11.3 Å². The summed E-state index contributed by atoms with van der Waals surface area (Å²) in [6, 6.07) is 6.99. The van der Waals surface area contributed by atoms with Crippen molar-refractivity contribution in [1.29, 1.82) is 0 Å². The molecule has 0 spiro atoms. The second-order valence-electron chi connectivity index (χ2n) is 5.58. The van der Waals surface area contributed by atoms with Crippen LogP contribution in [0.2, 0.25) is 0 Å². The largest absolute Gasteiger partial charge is 0.376 e. The van der Waals surface area contributed by atoms with Crippen LogP contribution in [0.15, 0.2) is 36.7 Å². The van der Waals surface area contributed by atoms with Gasteiger partial charge in [0.1, 0.15) is 5.69 Å². The molecule has 7 heteroatoms. The third-order valence-corrected chi connectivity index (χ3v) is 3.82. The molecule has 24 heavy (non-hydrogen) atoms. The first-order valence-electron chi connectivity index (χ1n) is 7.75. The summed E-state index contributed by atoms with van der Waals surface area (Å²) < 4.78 is 5.49. The van der Waals surface area contributed by atoms with Crippen molar-refractivity contribution >= 4 is 11.8 Å². The van der Waals surface area contributed by atoms with Gasteiger partial charge in [-0.2, -0.15) is 0 Å². The van der Waals surface area contributed by atoms with E-state index in [1.165, 1.54) is 12.4 Å². The number of nitrogens with one attached hydrogen (secondary N) is 1. The van der Waals surface area contributed by atoms with Gasteiger partial charge in [0.2, 0.25) is 0 Å². The van der Waals surface area contributed by atoms with E-state index in [2.05, 4.69) is 15.3 Å². The van der Waals surface area contributed by atoms with Gasteiger partial charge >= 0.3 is 0 Å². The molecule has 1 aromatic heterocycles. The fourth-order valence-corrected chi connectivity index (χ4v) is 2.56. The van der Waals surface area contributed by atoms with Crippen LogP contribution >= 0.6 is 0 Å². The molecule has 7 nitrogen and oxygen atoms in total. The van der Waals surface area contributed by atoms with E-state index in [1.807, 2.05) is 0 Å². The lowest BCUT2D eigenvalue weighted by atomic mass is 10.1. The first kappa shape index (κ1) is 16.1. The molecule has 3 rings (SSSR count). The molecular weight excluding hydrogens is 308 g/mol. The summed E-state index contributed by atoms with van der Waals surface area (Å²) in [6.45, 7) is 1.25. The highest BCUT2D eigenvalue weighted by Crippen LogP contribution is 2.18. The van der Waals surface area contributed by atoms with Crippen LogP contribution in [0, 0.1) is 0 Å². The zero-order valence-corrected chi connectivity index (χ0v) is 13.1. The maximum Gasteiger partial charge on any atom is 0.268 e. The van der Waals surface area contributed by atoms with Gasteiger partial charge in [-0.15, -0.1) is 0 Å². The van der Waals surface area contributed by atoms with E-state index in [-0.39, 0.29) is 17.7 Å². The number of rotatable bonds is 5. The predicted octanol–water partition coefficient (Wildman–Crippen LogP) is 1.15. The molecule has 2 heterocycles. The van der Waals surface area contributed by atoms with E-state index in [0.717, 1.165) is 19.4 Å². The quantitative estimate of drug-likeness (QED) is 0.857. The molecule has 0 bridgehead atoms. The third kappa shape index (κ3) is 3.75. The second-order valence-corrected chi connectivity index (χ2v) is 5.58. The van der Waals surface area contributed by atoms with Gasteiger partial charge in [0.25, 0.3) is 11.8 Å². The molecule has 1 unspecified atom stereocenters. The van der Waals surface area contributed by atoms with Gasteiger partial charge in [-0.25, -0.2) is 4.98 Å².